The molecule has 0 saturated carbocycles. The van der Waals surface area contributed by atoms with Crippen LogP contribution in [-0.2, 0) is 4.79 Å². The van der Waals surface area contributed by atoms with Crippen molar-refractivity contribution in [1.82, 2.24) is 5.32 Å². The summed E-state index contributed by atoms with van der Waals surface area (Å²) < 4.78 is 5.73. The average molecular weight is 340 g/mol. The summed E-state index contributed by atoms with van der Waals surface area (Å²) in [4.78, 5) is 12.3. The molecule has 3 rings (SSSR count). The second kappa shape index (κ2) is 7.25. The van der Waals surface area contributed by atoms with Crippen molar-refractivity contribution >= 4 is 11.6 Å². The zero-order valence-corrected chi connectivity index (χ0v) is 14.6. The van der Waals surface area contributed by atoms with E-state index in [4.69, 9.17) is 4.74 Å². The Kier molecular flexibility index (Phi) is 5.06. The lowest BCUT2D eigenvalue weighted by Crippen LogP contribution is -2.66. The number of amides is 1. The number of aliphatic hydroxyl groups is 1. The molecule has 132 valence electrons. The van der Waals surface area contributed by atoms with E-state index in [1.165, 1.54) is 0 Å². The lowest BCUT2D eigenvalue weighted by molar-refractivity contribution is -0.127. The summed E-state index contributed by atoms with van der Waals surface area (Å²) >= 11 is 0. The van der Waals surface area contributed by atoms with Crippen LogP contribution < -0.4 is 15.4 Å². The zero-order chi connectivity index (χ0) is 17.9. The molecule has 5 nitrogen and oxygen atoms in total. The Labute approximate surface area is 148 Å². The molecule has 3 N–H and O–H groups in total. The first-order chi connectivity index (χ1) is 12.0. The number of ether oxygens (including phenoxy) is 1. The second-order valence-corrected chi connectivity index (χ2v) is 6.64. The Hall–Kier alpha value is -2.37. The van der Waals surface area contributed by atoms with Gasteiger partial charge in [-0.1, -0.05) is 24.3 Å². The molecule has 1 aliphatic heterocycles. The van der Waals surface area contributed by atoms with E-state index in [1.807, 2.05) is 62.4 Å². The Bertz CT molecular complexity index is 731. The minimum absolute atomic E-state index is 0.131. The molecule has 5 heteroatoms. The number of hydrogen-bond acceptors (Lipinski definition) is 4. The third-order valence-electron chi connectivity index (χ3n) is 4.40. The maximum absolute atomic E-state index is 12.3. The highest BCUT2D eigenvalue weighted by Gasteiger charge is 2.43. The molecular formula is C20H24N2O3. The minimum Gasteiger partial charge on any atom is -0.491 e. The van der Waals surface area contributed by atoms with Gasteiger partial charge in [0.2, 0.25) is 5.91 Å². The molecule has 0 radical (unpaired) electrons. The molecule has 25 heavy (non-hydrogen) atoms. The van der Waals surface area contributed by atoms with Crippen molar-refractivity contribution in [3.63, 3.8) is 0 Å². The van der Waals surface area contributed by atoms with E-state index in [-0.39, 0.29) is 18.6 Å². The van der Waals surface area contributed by atoms with Gasteiger partial charge in [0.25, 0.3) is 0 Å². The predicted molar refractivity (Wildman–Crippen MR) is 98.7 cm³/mol. The van der Waals surface area contributed by atoms with Gasteiger partial charge >= 0.3 is 0 Å². The fourth-order valence-electron chi connectivity index (χ4n) is 2.85. The Morgan fingerprint density at radius 3 is 2.52 bits per heavy atom. The molecule has 0 spiro atoms. The smallest absolute Gasteiger partial charge is 0.247 e. The van der Waals surface area contributed by atoms with E-state index in [9.17, 15) is 9.90 Å². The standard InChI is InChI=1S/C20H24N2O3/c1-14(2)25-18-5-3-4-16(12-18)15-6-8-17(9-7-15)22-19(24)20(13-23)10-11-21-20/h3-9,12,14,21,23H,10-11,13H2,1-2H3,(H,22,24)/t20-/m0/s1. The summed E-state index contributed by atoms with van der Waals surface area (Å²) in [6.45, 7) is 4.56. The van der Waals surface area contributed by atoms with Gasteiger partial charge in [-0.2, -0.15) is 0 Å². The van der Waals surface area contributed by atoms with Crippen molar-refractivity contribution in [2.75, 3.05) is 18.5 Å². The van der Waals surface area contributed by atoms with Crippen LogP contribution in [0.1, 0.15) is 20.3 Å². The number of carbonyl (C=O) groups is 1. The number of anilines is 1. The quantitative estimate of drug-likeness (QED) is 0.756. The van der Waals surface area contributed by atoms with Gasteiger partial charge in [0.1, 0.15) is 11.3 Å². The van der Waals surface area contributed by atoms with Crippen molar-refractivity contribution in [3.8, 4) is 16.9 Å². The fourth-order valence-corrected chi connectivity index (χ4v) is 2.85. The van der Waals surface area contributed by atoms with Crippen molar-refractivity contribution in [2.24, 2.45) is 0 Å². The average Bonchev–Trinajstić information content (AvgIpc) is 2.55. The Morgan fingerprint density at radius 1 is 1.24 bits per heavy atom. The maximum Gasteiger partial charge on any atom is 0.247 e. The van der Waals surface area contributed by atoms with Crippen LogP contribution in [0.5, 0.6) is 5.75 Å². The molecule has 1 saturated heterocycles. The van der Waals surface area contributed by atoms with Crippen LogP contribution in [0, 0.1) is 0 Å². The van der Waals surface area contributed by atoms with E-state index >= 15 is 0 Å². The SMILES string of the molecule is CC(C)Oc1cccc(-c2ccc(NC(=O)[C@@]3(CO)CCN3)cc2)c1. The van der Waals surface area contributed by atoms with Crippen molar-refractivity contribution < 1.29 is 14.6 Å². The highest BCUT2D eigenvalue weighted by molar-refractivity contribution is 5.99. The van der Waals surface area contributed by atoms with Gasteiger partial charge in [0.05, 0.1) is 12.7 Å². The summed E-state index contributed by atoms with van der Waals surface area (Å²) in [6.07, 6.45) is 0.780. The summed E-state index contributed by atoms with van der Waals surface area (Å²) in [5, 5.41) is 15.3. The van der Waals surface area contributed by atoms with E-state index in [0.717, 1.165) is 23.4 Å². The van der Waals surface area contributed by atoms with Crippen LogP contribution in [0.3, 0.4) is 0 Å². The molecule has 1 aliphatic rings. The van der Waals surface area contributed by atoms with Crippen molar-refractivity contribution in [3.05, 3.63) is 48.5 Å². The number of hydrogen-bond donors (Lipinski definition) is 3. The third kappa shape index (κ3) is 3.83. The van der Waals surface area contributed by atoms with E-state index in [2.05, 4.69) is 10.6 Å². The summed E-state index contributed by atoms with van der Waals surface area (Å²) in [7, 11) is 0. The third-order valence-corrected chi connectivity index (χ3v) is 4.40. The van der Waals surface area contributed by atoms with Crippen LogP contribution in [-0.4, -0.2) is 35.8 Å². The molecule has 0 aromatic heterocycles. The predicted octanol–water partition coefficient (Wildman–Crippen LogP) is 2.80. The van der Waals surface area contributed by atoms with Crippen LogP contribution in [0.2, 0.25) is 0 Å². The van der Waals surface area contributed by atoms with E-state index in [0.29, 0.717) is 12.1 Å². The Balaban J connectivity index is 1.71. The molecular weight excluding hydrogens is 316 g/mol. The van der Waals surface area contributed by atoms with Gasteiger partial charge in [-0.3, -0.25) is 4.79 Å². The Morgan fingerprint density at radius 2 is 1.96 bits per heavy atom. The van der Waals surface area contributed by atoms with Gasteiger partial charge in [-0.05, 0) is 62.2 Å². The number of benzene rings is 2. The monoisotopic (exact) mass is 340 g/mol. The molecule has 0 aliphatic carbocycles. The zero-order valence-electron chi connectivity index (χ0n) is 14.6. The van der Waals surface area contributed by atoms with Crippen LogP contribution in [0.4, 0.5) is 5.69 Å². The molecule has 1 amide bonds. The number of rotatable bonds is 6. The molecule has 1 atom stereocenters. The summed E-state index contributed by atoms with van der Waals surface area (Å²) in [5.74, 6) is 0.646. The van der Waals surface area contributed by atoms with Crippen LogP contribution >= 0.6 is 0 Å². The van der Waals surface area contributed by atoms with Gasteiger partial charge in [-0.25, -0.2) is 0 Å². The molecule has 1 fully saturated rings. The van der Waals surface area contributed by atoms with Crippen LogP contribution in [0.15, 0.2) is 48.5 Å². The fraction of sp³-hybridized carbons (Fsp3) is 0.350. The first kappa shape index (κ1) is 17.5. The normalized spacial score (nSPS) is 19.4. The van der Waals surface area contributed by atoms with Crippen molar-refractivity contribution in [1.29, 1.82) is 0 Å². The largest absolute Gasteiger partial charge is 0.491 e. The minimum atomic E-state index is -0.832. The number of carbonyl (C=O) groups excluding carboxylic acids is 1. The van der Waals surface area contributed by atoms with Crippen LogP contribution in [0.25, 0.3) is 11.1 Å². The van der Waals surface area contributed by atoms with E-state index < -0.39 is 5.54 Å². The highest BCUT2D eigenvalue weighted by atomic mass is 16.5. The second-order valence-electron chi connectivity index (χ2n) is 6.64. The first-order valence-corrected chi connectivity index (χ1v) is 8.57. The molecule has 0 unspecified atom stereocenters. The maximum atomic E-state index is 12.3. The van der Waals surface area contributed by atoms with Crippen molar-refractivity contribution in [2.45, 2.75) is 31.9 Å². The van der Waals surface area contributed by atoms with Gasteiger partial charge in [0, 0.05) is 5.69 Å². The van der Waals surface area contributed by atoms with Gasteiger partial charge < -0.3 is 20.5 Å². The lowest BCUT2D eigenvalue weighted by Gasteiger charge is -2.39. The summed E-state index contributed by atoms with van der Waals surface area (Å²) in [6, 6.07) is 15.6. The van der Waals surface area contributed by atoms with E-state index in [1.54, 1.807) is 0 Å². The number of aliphatic hydroxyl groups excluding tert-OH is 1. The number of nitrogens with one attached hydrogen (secondary N) is 2. The van der Waals surface area contributed by atoms with Gasteiger partial charge in [0.15, 0.2) is 0 Å². The molecule has 2 aromatic carbocycles. The molecule has 0 bridgehead atoms. The highest BCUT2D eigenvalue weighted by Crippen LogP contribution is 2.26. The first-order valence-electron chi connectivity index (χ1n) is 8.57. The lowest BCUT2D eigenvalue weighted by atomic mass is 9.87. The topological polar surface area (TPSA) is 70.6 Å². The molecule has 1 heterocycles. The molecule has 2 aromatic rings. The summed E-state index contributed by atoms with van der Waals surface area (Å²) in [5.41, 5.74) is 1.99. The van der Waals surface area contributed by atoms with Gasteiger partial charge in [-0.15, -0.1) is 0 Å².